The fourth-order valence-corrected chi connectivity index (χ4v) is 1.72. The van der Waals surface area contributed by atoms with Gasteiger partial charge in [0.25, 0.3) is 0 Å². The molecule has 0 amide bonds. The van der Waals surface area contributed by atoms with Gasteiger partial charge in [-0.3, -0.25) is 14.8 Å². The molecule has 0 saturated heterocycles. The molecule has 0 saturated carbocycles. The van der Waals surface area contributed by atoms with Crippen molar-refractivity contribution in [3.8, 4) is 0 Å². The van der Waals surface area contributed by atoms with E-state index >= 15 is 0 Å². The molecule has 2 aromatic rings. The lowest BCUT2D eigenvalue weighted by atomic mass is 9.80. The first-order chi connectivity index (χ1) is 8.51. The molecule has 2 aromatic heterocycles. The third kappa shape index (κ3) is 2.22. The van der Waals surface area contributed by atoms with E-state index in [-0.39, 0.29) is 5.78 Å². The highest BCUT2D eigenvalue weighted by molar-refractivity contribution is 6.02. The van der Waals surface area contributed by atoms with Crippen LogP contribution < -0.4 is 5.73 Å². The van der Waals surface area contributed by atoms with Crippen molar-refractivity contribution in [1.82, 2.24) is 9.97 Å². The van der Waals surface area contributed by atoms with Crippen molar-refractivity contribution in [2.45, 2.75) is 19.3 Å². The van der Waals surface area contributed by atoms with Gasteiger partial charge in [0.05, 0.1) is 17.3 Å². The Balaban J connectivity index is 2.36. The largest absolute Gasteiger partial charge is 0.397 e. The Morgan fingerprint density at radius 1 is 1.22 bits per heavy atom. The predicted octanol–water partition coefficient (Wildman–Crippen LogP) is 2.22. The van der Waals surface area contributed by atoms with Gasteiger partial charge in [-0.05, 0) is 37.6 Å². The number of carbonyl (C=O) groups is 1. The molecule has 4 nitrogen and oxygen atoms in total. The van der Waals surface area contributed by atoms with E-state index < -0.39 is 5.41 Å². The molecule has 0 aliphatic heterocycles. The van der Waals surface area contributed by atoms with Crippen LogP contribution in [0.1, 0.15) is 29.9 Å². The molecule has 18 heavy (non-hydrogen) atoms. The summed E-state index contributed by atoms with van der Waals surface area (Å²) in [6.07, 6.45) is 4.88. The molecule has 2 heterocycles. The van der Waals surface area contributed by atoms with Crippen LogP contribution in [-0.4, -0.2) is 15.8 Å². The zero-order valence-electron chi connectivity index (χ0n) is 10.4. The minimum absolute atomic E-state index is 0.0458. The summed E-state index contributed by atoms with van der Waals surface area (Å²) < 4.78 is 0. The minimum Gasteiger partial charge on any atom is -0.397 e. The number of rotatable bonds is 3. The lowest BCUT2D eigenvalue weighted by Crippen LogP contribution is -2.30. The summed E-state index contributed by atoms with van der Waals surface area (Å²) in [5.74, 6) is -0.0458. The Hall–Kier alpha value is -2.23. The van der Waals surface area contributed by atoms with Crippen LogP contribution in [0.5, 0.6) is 0 Å². The Bertz CT molecular complexity index is 547. The zero-order valence-corrected chi connectivity index (χ0v) is 10.4. The van der Waals surface area contributed by atoms with Gasteiger partial charge in [-0.2, -0.15) is 0 Å². The molecule has 0 aromatic carbocycles. The van der Waals surface area contributed by atoms with Crippen LogP contribution >= 0.6 is 0 Å². The van der Waals surface area contributed by atoms with Crippen LogP contribution in [0.3, 0.4) is 0 Å². The monoisotopic (exact) mass is 241 g/mol. The van der Waals surface area contributed by atoms with Crippen LogP contribution in [0.2, 0.25) is 0 Å². The topological polar surface area (TPSA) is 68.9 Å². The highest BCUT2D eigenvalue weighted by atomic mass is 16.1. The maximum absolute atomic E-state index is 12.4. The molecule has 2 rings (SSSR count). The summed E-state index contributed by atoms with van der Waals surface area (Å²) in [6, 6.07) is 7.04. The molecular formula is C14H15N3O. The first-order valence-corrected chi connectivity index (χ1v) is 5.68. The third-order valence-corrected chi connectivity index (χ3v) is 2.97. The molecule has 0 aliphatic carbocycles. The number of hydrogen-bond acceptors (Lipinski definition) is 4. The van der Waals surface area contributed by atoms with Crippen LogP contribution in [0.4, 0.5) is 5.69 Å². The van der Waals surface area contributed by atoms with Crippen LogP contribution in [-0.2, 0) is 5.41 Å². The van der Waals surface area contributed by atoms with E-state index in [1.165, 1.54) is 6.20 Å². The Labute approximate surface area is 106 Å². The molecule has 0 atom stereocenters. The number of nitrogens with zero attached hydrogens (tertiary/aromatic N) is 2. The lowest BCUT2D eigenvalue weighted by molar-refractivity contribution is 0.0903. The second kappa shape index (κ2) is 4.56. The molecule has 4 heteroatoms. The second-order valence-electron chi connectivity index (χ2n) is 4.67. The number of pyridine rings is 2. The molecule has 0 aliphatic rings. The summed E-state index contributed by atoms with van der Waals surface area (Å²) >= 11 is 0. The number of anilines is 1. The van der Waals surface area contributed by atoms with Gasteiger partial charge in [0.15, 0.2) is 5.78 Å². The van der Waals surface area contributed by atoms with Crippen molar-refractivity contribution in [3.63, 3.8) is 0 Å². The number of ketones is 1. The number of nitrogen functional groups attached to an aromatic ring is 1. The Morgan fingerprint density at radius 3 is 2.56 bits per heavy atom. The van der Waals surface area contributed by atoms with Crippen molar-refractivity contribution >= 4 is 11.5 Å². The summed E-state index contributed by atoms with van der Waals surface area (Å²) in [6.45, 7) is 3.73. The smallest absolute Gasteiger partial charge is 0.191 e. The third-order valence-electron chi connectivity index (χ3n) is 2.97. The number of Topliss-reactive ketones (excluding diaryl/α,β-unsaturated/α-hetero) is 1. The molecule has 0 radical (unpaired) electrons. The van der Waals surface area contributed by atoms with Crippen molar-refractivity contribution in [3.05, 3.63) is 54.1 Å². The molecule has 0 spiro atoms. The minimum atomic E-state index is -0.655. The summed E-state index contributed by atoms with van der Waals surface area (Å²) in [5, 5.41) is 0. The highest BCUT2D eigenvalue weighted by Gasteiger charge is 2.31. The van der Waals surface area contributed by atoms with Gasteiger partial charge < -0.3 is 5.73 Å². The van der Waals surface area contributed by atoms with Crippen LogP contribution in [0.25, 0.3) is 0 Å². The van der Waals surface area contributed by atoms with Crippen LogP contribution in [0, 0.1) is 0 Å². The average molecular weight is 241 g/mol. The first kappa shape index (κ1) is 12.2. The van der Waals surface area contributed by atoms with E-state index in [2.05, 4.69) is 9.97 Å². The van der Waals surface area contributed by atoms with Gasteiger partial charge in [-0.15, -0.1) is 0 Å². The van der Waals surface area contributed by atoms with Gasteiger partial charge in [0.1, 0.15) is 5.69 Å². The van der Waals surface area contributed by atoms with E-state index in [1.54, 1.807) is 24.5 Å². The van der Waals surface area contributed by atoms with Gasteiger partial charge >= 0.3 is 0 Å². The van der Waals surface area contributed by atoms with E-state index in [1.807, 2.05) is 26.0 Å². The number of carbonyl (C=O) groups excluding carboxylic acids is 1. The Morgan fingerprint density at radius 2 is 2.00 bits per heavy atom. The highest BCUT2D eigenvalue weighted by Crippen LogP contribution is 2.26. The van der Waals surface area contributed by atoms with Crippen molar-refractivity contribution in [2.24, 2.45) is 0 Å². The van der Waals surface area contributed by atoms with Crippen molar-refractivity contribution < 1.29 is 4.79 Å². The van der Waals surface area contributed by atoms with E-state index in [9.17, 15) is 4.79 Å². The summed E-state index contributed by atoms with van der Waals surface area (Å²) in [7, 11) is 0. The molecule has 0 bridgehead atoms. The first-order valence-electron chi connectivity index (χ1n) is 5.68. The Kier molecular flexibility index (Phi) is 3.10. The summed E-state index contributed by atoms with van der Waals surface area (Å²) in [4.78, 5) is 20.6. The van der Waals surface area contributed by atoms with Gasteiger partial charge in [0.2, 0.25) is 0 Å². The quantitative estimate of drug-likeness (QED) is 0.836. The fraction of sp³-hybridized carbons (Fsp3) is 0.214. The average Bonchev–Trinajstić information content (AvgIpc) is 2.40. The zero-order chi connectivity index (χ0) is 13.2. The predicted molar refractivity (Wildman–Crippen MR) is 70.2 cm³/mol. The van der Waals surface area contributed by atoms with Crippen molar-refractivity contribution in [2.75, 3.05) is 5.73 Å². The normalized spacial score (nSPS) is 11.2. The molecule has 92 valence electrons. The maximum atomic E-state index is 12.4. The summed E-state index contributed by atoms with van der Waals surface area (Å²) in [5.41, 5.74) is 6.74. The van der Waals surface area contributed by atoms with Gasteiger partial charge in [-0.25, -0.2) is 0 Å². The second-order valence-corrected chi connectivity index (χ2v) is 4.67. The SMILES string of the molecule is CC(C)(C(=O)c1ccc(N)cn1)c1cccnc1. The molecule has 0 fully saturated rings. The van der Waals surface area contributed by atoms with Crippen LogP contribution in [0.15, 0.2) is 42.9 Å². The number of nitrogens with two attached hydrogens (primary N) is 1. The maximum Gasteiger partial charge on any atom is 0.191 e. The number of hydrogen-bond donors (Lipinski definition) is 1. The van der Waals surface area contributed by atoms with E-state index in [0.29, 0.717) is 11.4 Å². The lowest BCUT2D eigenvalue weighted by Gasteiger charge is -2.22. The fourth-order valence-electron chi connectivity index (χ4n) is 1.72. The van der Waals surface area contributed by atoms with E-state index in [4.69, 9.17) is 5.73 Å². The van der Waals surface area contributed by atoms with E-state index in [0.717, 1.165) is 5.56 Å². The molecule has 2 N–H and O–H groups in total. The number of aromatic nitrogens is 2. The molecule has 0 unspecified atom stereocenters. The van der Waals surface area contributed by atoms with Gasteiger partial charge in [0, 0.05) is 12.4 Å². The standard InChI is InChI=1S/C14H15N3O/c1-14(2,10-4-3-7-16-8-10)13(18)12-6-5-11(15)9-17-12/h3-9H,15H2,1-2H3. The van der Waals surface area contributed by atoms with Crippen molar-refractivity contribution in [1.29, 1.82) is 0 Å². The van der Waals surface area contributed by atoms with Gasteiger partial charge in [-0.1, -0.05) is 6.07 Å². The molecular weight excluding hydrogens is 226 g/mol.